The van der Waals surface area contributed by atoms with Crippen LogP contribution in [0.1, 0.15) is 41.5 Å². The minimum absolute atomic E-state index is 0.0767. The van der Waals surface area contributed by atoms with E-state index in [-0.39, 0.29) is 11.9 Å². The molecule has 142 valence electrons. The molecule has 1 amide bonds. The number of amides is 1. The maximum atomic E-state index is 13.0. The number of fused-ring (bicyclic) bond motifs is 1. The number of pyridine rings is 1. The predicted octanol–water partition coefficient (Wildman–Crippen LogP) is 3.82. The van der Waals surface area contributed by atoms with Crippen molar-refractivity contribution in [3.63, 3.8) is 0 Å². The molecule has 1 unspecified atom stereocenters. The summed E-state index contributed by atoms with van der Waals surface area (Å²) < 4.78 is 7.28. The molecule has 0 spiro atoms. The number of nitrogens with zero attached hydrogens (tertiary/aromatic N) is 3. The maximum absolute atomic E-state index is 13.0. The fourth-order valence-electron chi connectivity index (χ4n) is 3.36. The molecule has 27 heavy (non-hydrogen) atoms. The van der Waals surface area contributed by atoms with Gasteiger partial charge in [-0.2, -0.15) is 5.10 Å². The number of nitrogens with one attached hydrogen (secondary N) is 1. The number of thiophene rings is 1. The molecule has 6 nitrogen and oxygen atoms in total. The minimum Gasteiger partial charge on any atom is -0.381 e. The third-order valence-corrected chi connectivity index (χ3v) is 5.89. The van der Waals surface area contributed by atoms with E-state index in [0.29, 0.717) is 18.0 Å². The third kappa shape index (κ3) is 3.61. The molecule has 1 atom stereocenters. The summed E-state index contributed by atoms with van der Waals surface area (Å²) in [6, 6.07) is 6.19. The number of aryl methyl sites for hydroxylation is 1. The molecule has 1 saturated heterocycles. The number of carbonyl (C=O) groups excluding carboxylic acids is 1. The Morgan fingerprint density at radius 1 is 1.44 bits per heavy atom. The van der Waals surface area contributed by atoms with Crippen molar-refractivity contribution in [3.8, 4) is 10.6 Å². The second kappa shape index (κ2) is 7.40. The van der Waals surface area contributed by atoms with E-state index in [9.17, 15) is 4.79 Å². The lowest BCUT2D eigenvalue weighted by atomic mass is 10.1. The number of ether oxygens (including phenoxy) is 1. The molecule has 0 aromatic carbocycles. The number of aromatic nitrogens is 3. The first-order valence-corrected chi connectivity index (χ1v) is 10.2. The summed E-state index contributed by atoms with van der Waals surface area (Å²) >= 11 is 1.68. The summed E-state index contributed by atoms with van der Waals surface area (Å²) in [4.78, 5) is 20.1. The van der Waals surface area contributed by atoms with Crippen molar-refractivity contribution in [2.24, 2.45) is 5.92 Å². The Morgan fingerprint density at radius 3 is 2.96 bits per heavy atom. The average Bonchev–Trinajstić information content (AvgIpc) is 3.38. The lowest BCUT2D eigenvalue weighted by molar-refractivity contribution is 0.0946. The second-order valence-corrected chi connectivity index (χ2v) is 8.61. The van der Waals surface area contributed by atoms with E-state index in [1.165, 1.54) is 4.88 Å². The van der Waals surface area contributed by atoms with E-state index in [1.807, 2.05) is 10.7 Å². The normalized spacial score (nSPS) is 17.1. The van der Waals surface area contributed by atoms with Crippen LogP contribution in [0.2, 0.25) is 0 Å². The van der Waals surface area contributed by atoms with Crippen molar-refractivity contribution in [2.45, 2.75) is 33.2 Å². The van der Waals surface area contributed by atoms with Gasteiger partial charge in [-0.25, -0.2) is 9.67 Å². The number of rotatable bonds is 5. The van der Waals surface area contributed by atoms with Crippen molar-refractivity contribution in [2.75, 3.05) is 19.8 Å². The van der Waals surface area contributed by atoms with Gasteiger partial charge in [-0.1, -0.05) is 0 Å². The molecule has 0 bridgehead atoms. The maximum Gasteiger partial charge on any atom is 0.252 e. The van der Waals surface area contributed by atoms with Gasteiger partial charge in [-0.15, -0.1) is 11.3 Å². The molecule has 0 saturated carbocycles. The molecule has 7 heteroatoms. The van der Waals surface area contributed by atoms with Crippen LogP contribution in [0.3, 0.4) is 0 Å². The van der Waals surface area contributed by atoms with Crippen LogP contribution in [0.5, 0.6) is 0 Å². The number of carbonyl (C=O) groups is 1. The smallest absolute Gasteiger partial charge is 0.252 e. The lowest BCUT2D eigenvalue weighted by Crippen LogP contribution is -2.29. The van der Waals surface area contributed by atoms with E-state index in [2.05, 4.69) is 43.3 Å². The van der Waals surface area contributed by atoms with Gasteiger partial charge in [-0.3, -0.25) is 4.79 Å². The van der Waals surface area contributed by atoms with Crippen LogP contribution in [0.4, 0.5) is 0 Å². The molecule has 4 heterocycles. The Bertz CT molecular complexity index is 970. The SMILES string of the molecule is Cc1ccc(-c2cc(C(=O)NCC3CCOC3)c3cnn(C(C)C)c3n2)s1. The molecule has 0 aliphatic carbocycles. The van der Waals surface area contributed by atoms with Gasteiger partial charge in [0.15, 0.2) is 5.65 Å². The molecular weight excluding hydrogens is 360 g/mol. The molecule has 3 aromatic rings. The van der Waals surface area contributed by atoms with Crippen LogP contribution in [0, 0.1) is 12.8 Å². The molecule has 3 aromatic heterocycles. The Labute approximate surface area is 162 Å². The summed E-state index contributed by atoms with van der Waals surface area (Å²) in [5.41, 5.74) is 2.20. The summed E-state index contributed by atoms with van der Waals surface area (Å²) in [5.74, 6) is 0.316. The van der Waals surface area contributed by atoms with Gasteiger partial charge in [0.05, 0.1) is 34.3 Å². The van der Waals surface area contributed by atoms with Gasteiger partial charge in [0.25, 0.3) is 5.91 Å². The van der Waals surface area contributed by atoms with E-state index in [1.54, 1.807) is 17.5 Å². The van der Waals surface area contributed by atoms with Gasteiger partial charge in [0, 0.05) is 30.0 Å². The molecule has 1 aliphatic rings. The van der Waals surface area contributed by atoms with E-state index >= 15 is 0 Å². The summed E-state index contributed by atoms with van der Waals surface area (Å²) in [6.45, 7) is 8.34. The highest BCUT2D eigenvalue weighted by molar-refractivity contribution is 7.15. The van der Waals surface area contributed by atoms with Crippen LogP contribution >= 0.6 is 11.3 Å². The average molecular weight is 385 g/mol. The zero-order valence-electron chi connectivity index (χ0n) is 15.9. The van der Waals surface area contributed by atoms with Crippen molar-refractivity contribution in [1.29, 1.82) is 0 Å². The number of hydrogen-bond donors (Lipinski definition) is 1. The highest BCUT2D eigenvalue weighted by Crippen LogP contribution is 2.30. The molecule has 1 aliphatic heterocycles. The van der Waals surface area contributed by atoms with E-state index in [0.717, 1.165) is 41.2 Å². The Hall–Kier alpha value is -2.25. The zero-order chi connectivity index (χ0) is 19.0. The largest absolute Gasteiger partial charge is 0.381 e. The summed E-state index contributed by atoms with van der Waals surface area (Å²) in [6.07, 6.45) is 2.75. The third-order valence-electron chi connectivity index (χ3n) is 4.87. The van der Waals surface area contributed by atoms with Gasteiger partial charge >= 0.3 is 0 Å². The second-order valence-electron chi connectivity index (χ2n) is 7.33. The summed E-state index contributed by atoms with van der Waals surface area (Å²) in [7, 11) is 0. The fourth-order valence-corrected chi connectivity index (χ4v) is 4.19. The van der Waals surface area contributed by atoms with Gasteiger partial charge in [-0.05, 0) is 45.4 Å². The topological polar surface area (TPSA) is 69.0 Å². The minimum atomic E-state index is -0.0767. The Morgan fingerprint density at radius 2 is 2.30 bits per heavy atom. The van der Waals surface area contributed by atoms with Crippen LogP contribution < -0.4 is 5.32 Å². The van der Waals surface area contributed by atoms with Gasteiger partial charge in [0.2, 0.25) is 0 Å². The van der Waals surface area contributed by atoms with Crippen molar-refractivity contribution in [3.05, 3.63) is 34.8 Å². The van der Waals surface area contributed by atoms with E-state index in [4.69, 9.17) is 9.72 Å². The van der Waals surface area contributed by atoms with Gasteiger partial charge in [0.1, 0.15) is 0 Å². The first-order valence-electron chi connectivity index (χ1n) is 9.34. The van der Waals surface area contributed by atoms with Crippen LogP contribution in [-0.4, -0.2) is 40.4 Å². The van der Waals surface area contributed by atoms with Crippen molar-refractivity contribution < 1.29 is 9.53 Å². The van der Waals surface area contributed by atoms with Crippen LogP contribution in [-0.2, 0) is 4.74 Å². The number of hydrogen-bond acceptors (Lipinski definition) is 5. The highest BCUT2D eigenvalue weighted by atomic mass is 32.1. The molecule has 1 fully saturated rings. The van der Waals surface area contributed by atoms with E-state index < -0.39 is 0 Å². The molecule has 0 radical (unpaired) electrons. The quantitative estimate of drug-likeness (QED) is 0.726. The first kappa shape index (κ1) is 18.1. The lowest BCUT2D eigenvalue weighted by Gasteiger charge is -2.12. The standard InChI is InChI=1S/C20H24N4O2S/c1-12(2)24-19-16(10-22-24)15(20(25)21-9-14-6-7-26-11-14)8-17(23-19)18-5-4-13(3)27-18/h4-5,8,10,12,14H,6-7,9,11H2,1-3H3,(H,21,25). The van der Waals surface area contributed by atoms with Crippen molar-refractivity contribution in [1.82, 2.24) is 20.1 Å². The Kier molecular flexibility index (Phi) is 4.97. The Balaban J connectivity index is 1.74. The predicted molar refractivity (Wildman–Crippen MR) is 107 cm³/mol. The van der Waals surface area contributed by atoms with Crippen LogP contribution in [0.25, 0.3) is 21.6 Å². The van der Waals surface area contributed by atoms with Gasteiger partial charge < -0.3 is 10.1 Å². The zero-order valence-corrected chi connectivity index (χ0v) is 16.7. The summed E-state index contributed by atoms with van der Waals surface area (Å²) in [5, 5.41) is 8.34. The van der Waals surface area contributed by atoms with Crippen molar-refractivity contribution >= 4 is 28.3 Å². The van der Waals surface area contributed by atoms with Crippen LogP contribution in [0.15, 0.2) is 24.4 Å². The highest BCUT2D eigenvalue weighted by Gasteiger charge is 2.21. The monoisotopic (exact) mass is 384 g/mol. The molecular formula is C20H24N4O2S. The molecule has 1 N–H and O–H groups in total. The fraction of sp³-hybridized carbons (Fsp3) is 0.450. The first-order chi connectivity index (χ1) is 13.0. The molecule has 4 rings (SSSR count).